The van der Waals surface area contributed by atoms with Gasteiger partial charge in [0.05, 0.1) is 29.0 Å². The molecule has 3 heteroatoms. The predicted octanol–water partition coefficient (Wildman–Crippen LogP) is 7.26. The second-order valence-electron chi connectivity index (χ2n) is 11.1. The summed E-state index contributed by atoms with van der Waals surface area (Å²) in [5.41, 5.74) is 9.09. The van der Waals surface area contributed by atoms with E-state index in [2.05, 4.69) is 104 Å². The molecule has 0 N–H and O–H groups in total. The van der Waals surface area contributed by atoms with Crippen LogP contribution in [0.1, 0.15) is 31.9 Å². The van der Waals surface area contributed by atoms with Crippen LogP contribution in [0.25, 0.3) is 59.9 Å². The molecule has 166 valence electrons. The standard InChI is InChI=1S/C31H28N3/c1-18-21-11-7-6-10-19(21)15-25-26(18)29-28-23(32-17-33(29)5)14-20(16-31(2,3)4)27-22-12-8-9-13-24(22)34(25)30(27)28/h6-15,17H,16H2,1-5H3/q+1. The van der Waals surface area contributed by atoms with Gasteiger partial charge in [0.25, 0.3) is 6.33 Å². The van der Waals surface area contributed by atoms with Crippen LogP contribution in [0.15, 0.2) is 67.0 Å². The zero-order valence-electron chi connectivity index (χ0n) is 20.4. The first-order valence-corrected chi connectivity index (χ1v) is 12.1. The SMILES string of the molecule is Cc1c2ccccc2cc2c1c1c3c(cc(CC(C)(C)C)c4c5ccccc5n2c43)nc[n+]1C. The molecule has 3 nitrogen and oxygen atoms in total. The minimum absolute atomic E-state index is 0.181. The van der Waals surface area contributed by atoms with Crippen molar-refractivity contribution in [3.8, 4) is 0 Å². The number of hydrogen-bond donors (Lipinski definition) is 0. The van der Waals surface area contributed by atoms with Gasteiger partial charge in [0.1, 0.15) is 5.52 Å². The number of aromatic nitrogens is 3. The molecular formula is C31H28N3+. The lowest BCUT2D eigenvalue weighted by atomic mass is 9.85. The van der Waals surface area contributed by atoms with Gasteiger partial charge in [-0.1, -0.05) is 63.2 Å². The van der Waals surface area contributed by atoms with Gasteiger partial charge in [0.15, 0.2) is 5.52 Å². The van der Waals surface area contributed by atoms with Gasteiger partial charge in [0.2, 0.25) is 0 Å². The Morgan fingerprint density at radius 2 is 1.59 bits per heavy atom. The van der Waals surface area contributed by atoms with Gasteiger partial charge in [0, 0.05) is 16.2 Å². The van der Waals surface area contributed by atoms with Gasteiger partial charge in [-0.25, -0.2) is 4.57 Å². The van der Waals surface area contributed by atoms with E-state index in [0.29, 0.717) is 0 Å². The molecule has 0 spiro atoms. The zero-order valence-corrected chi connectivity index (χ0v) is 20.4. The predicted molar refractivity (Wildman–Crippen MR) is 143 cm³/mol. The molecule has 0 bridgehead atoms. The molecule has 0 saturated heterocycles. The number of aryl methyl sites for hydroxylation is 2. The number of fused-ring (bicyclic) bond motifs is 7. The monoisotopic (exact) mass is 442 g/mol. The van der Waals surface area contributed by atoms with Crippen LogP contribution in [0.4, 0.5) is 0 Å². The summed E-state index contributed by atoms with van der Waals surface area (Å²) in [6.07, 6.45) is 3.00. The fourth-order valence-electron chi connectivity index (χ4n) is 6.20. The molecule has 0 unspecified atom stereocenters. The highest BCUT2D eigenvalue weighted by atomic mass is 15.0. The molecular weight excluding hydrogens is 414 g/mol. The van der Waals surface area contributed by atoms with Crippen molar-refractivity contribution in [3.63, 3.8) is 0 Å². The average molecular weight is 443 g/mol. The fraction of sp³-hybridized carbons (Fsp3) is 0.226. The van der Waals surface area contributed by atoms with Crippen LogP contribution in [0.2, 0.25) is 0 Å². The van der Waals surface area contributed by atoms with Gasteiger partial charge in [-0.2, -0.15) is 0 Å². The van der Waals surface area contributed by atoms with Crippen molar-refractivity contribution in [1.82, 2.24) is 9.38 Å². The summed E-state index contributed by atoms with van der Waals surface area (Å²) in [5.74, 6) is 0. The van der Waals surface area contributed by atoms with E-state index in [9.17, 15) is 0 Å². The van der Waals surface area contributed by atoms with Crippen LogP contribution in [0.5, 0.6) is 0 Å². The highest BCUT2D eigenvalue weighted by molar-refractivity contribution is 6.28. The maximum atomic E-state index is 4.94. The Balaban J connectivity index is 1.89. The molecule has 0 aliphatic carbocycles. The second kappa shape index (κ2) is 6.44. The maximum absolute atomic E-state index is 4.94. The first kappa shape index (κ1) is 19.7. The zero-order chi connectivity index (χ0) is 23.4. The van der Waals surface area contributed by atoms with E-state index < -0.39 is 0 Å². The van der Waals surface area contributed by atoms with Gasteiger partial charge in [-0.15, -0.1) is 0 Å². The summed E-state index contributed by atoms with van der Waals surface area (Å²) in [5, 5.41) is 7.88. The molecule has 4 aromatic carbocycles. The normalized spacial score (nSPS) is 13.0. The molecule has 3 aromatic heterocycles. The molecule has 7 rings (SSSR count). The van der Waals surface area contributed by atoms with E-state index in [1.165, 1.54) is 65.5 Å². The maximum Gasteiger partial charge on any atom is 0.287 e. The van der Waals surface area contributed by atoms with Gasteiger partial charge >= 0.3 is 0 Å². The van der Waals surface area contributed by atoms with E-state index in [-0.39, 0.29) is 5.41 Å². The van der Waals surface area contributed by atoms with Crippen LogP contribution in [-0.4, -0.2) is 9.38 Å². The lowest BCUT2D eigenvalue weighted by molar-refractivity contribution is -0.646. The minimum Gasteiger partial charge on any atom is -0.307 e. The molecule has 7 aromatic rings. The molecule has 0 atom stereocenters. The van der Waals surface area contributed by atoms with Crippen molar-refractivity contribution in [3.05, 3.63) is 78.1 Å². The highest BCUT2D eigenvalue weighted by Crippen LogP contribution is 2.44. The van der Waals surface area contributed by atoms with Crippen LogP contribution in [0.3, 0.4) is 0 Å². The van der Waals surface area contributed by atoms with Gasteiger partial charge in [-0.3, -0.25) is 0 Å². The smallest absolute Gasteiger partial charge is 0.287 e. The summed E-state index contributed by atoms with van der Waals surface area (Å²) in [4.78, 5) is 4.94. The van der Waals surface area contributed by atoms with E-state index in [1.54, 1.807) is 0 Å². The Bertz CT molecular complexity index is 1930. The molecule has 0 saturated carbocycles. The number of rotatable bonds is 1. The number of hydrogen-bond acceptors (Lipinski definition) is 1. The van der Waals surface area contributed by atoms with Crippen molar-refractivity contribution >= 4 is 59.9 Å². The summed E-state index contributed by atoms with van der Waals surface area (Å²) >= 11 is 0. The third kappa shape index (κ3) is 2.47. The largest absolute Gasteiger partial charge is 0.307 e. The molecule has 3 heterocycles. The Hall–Kier alpha value is -3.72. The quantitative estimate of drug-likeness (QED) is 0.149. The lowest BCUT2D eigenvalue weighted by Gasteiger charge is -2.20. The average Bonchev–Trinajstić information content (AvgIpc) is 3.15. The van der Waals surface area contributed by atoms with E-state index in [1.807, 2.05) is 6.33 Å². The van der Waals surface area contributed by atoms with E-state index in [0.717, 1.165) is 11.9 Å². The molecule has 0 radical (unpaired) electrons. The van der Waals surface area contributed by atoms with Gasteiger partial charge in [-0.05, 0) is 63.8 Å². The van der Waals surface area contributed by atoms with Crippen molar-refractivity contribution < 1.29 is 4.57 Å². The van der Waals surface area contributed by atoms with Gasteiger partial charge < -0.3 is 4.40 Å². The Labute approximate surface area is 198 Å². The molecule has 0 amide bonds. The Kier molecular flexibility index (Phi) is 3.74. The minimum atomic E-state index is 0.181. The Morgan fingerprint density at radius 3 is 2.38 bits per heavy atom. The van der Waals surface area contributed by atoms with Crippen molar-refractivity contribution in [2.45, 2.75) is 34.1 Å². The first-order valence-electron chi connectivity index (χ1n) is 12.1. The fourth-order valence-corrected chi connectivity index (χ4v) is 6.20. The number of pyridine rings is 1. The summed E-state index contributed by atoms with van der Waals surface area (Å²) < 4.78 is 4.73. The summed E-state index contributed by atoms with van der Waals surface area (Å²) in [6, 6.07) is 22.4. The molecule has 34 heavy (non-hydrogen) atoms. The molecule has 0 aliphatic heterocycles. The third-order valence-electron chi connectivity index (χ3n) is 7.45. The van der Waals surface area contributed by atoms with Crippen LogP contribution in [0, 0.1) is 12.3 Å². The lowest BCUT2D eigenvalue weighted by Crippen LogP contribution is -2.30. The molecule has 0 fully saturated rings. The molecule has 0 aliphatic rings. The number of benzene rings is 4. The number of nitrogens with zero attached hydrogens (tertiary/aromatic N) is 3. The van der Waals surface area contributed by atoms with Crippen molar-refractivity contribution in [1.29, 1.82) is 0 Å². The van der Waals surface area contributed by atoms with E-state index >= 15 is 0 Å². The third-order valence-corrected chi connectivity index (χ3v) is 7.45. The second-order valence-corrected chi connectivity index (χ2v) is 11.1. The van der Waals surface area contributed by atoms with Crippen molar-refractivity contribution in [2.75, 3.05) is 0 Å². The van der Waals surface area contributed by atoms with Crippen LogP contribution >= 0.6 is 0 Å². The topological polar surface area (TPSA) is 21.2 Å². The van der Waals surface area contributed by atoms with Crippen LogP contribution < -0.4 is 4.57 Å². The van der Waals surface area contributed by atoms with E-state index in [4.69, 9.17) is 4.98 Å². The van der Waals surface area contributed by atoms with Crippen LogP contribution in [-0.2, 0) is 13.5 Å². The van der Waals surface area contributed by atoms with Crippen molar-refractivity contribution in [2.24, 2.45) is 12.5 Å². The summed E-state index contributed by atoms with van der Waals surface area (Å²) in [6.45, 7) is 9.24. The summed E-state index contributed by atoms with van der Waals surface area (Å²) in [7, 11) is 2.13. The highest BCUT2D eigenvalue weighted by Gasteiger charge is 2.27. The first-order chi connectivity index (χ1) is 16.3. The number of para-hydroxylation sites is 1. The Morgan fingerprint density at radius 1 is 0.853 bits per heavy atom.